The molecule has 4 heteroatoms. The van der Waals surface area contributed by atoms with Crippen molar-refractivity contribution in [3.05, 3.63) is 34.6 Å². The molecule has 0 aliphatic rings. The second-order valence-electron chi connectivity index (χ2n) is 2.94. The minimum atomic E-state index is -1.06. The molecule has 0 unspecified atom stereocenters. The Balaban J connectivity index is 3.12. The van der Waals surface area contributed by atoms with Gasteiger partial charge in [0.2, 0.25) is 0 Å². The quantitative estimate of drug-likeness (QED) is 0.771. The van der Waals surface area contributed by atoms with E-state index in [0.29, 0.717) is 0 Å². The predicted molar refractivity (Wildman–Crippen MR) is 50.0 cm³/mol. The minimum absolute atomic E-state index is 0.0687. The van der Waals surface area contributed by atoms with Gasteiger partial charge in [0, 0.05) is 16.6 Å². The summed E-state index contributed by atoms with van der Waals surface area (Å²) in [6.45, 7) is 1.59. The molecule has 0 aliphatic heterocycles. The van der Waals surface area contributed by atoms with E-state index in [0.717, 1.165) is 0 Å². The summed E-state index contributed by atoms with van der Waals surface area (Å²) in [6.07, 6.45) is -1.06. The molecule has 0 saturated carbocycles. The smallest absolute Gasteiger partial charge is 0.130 e. The Morgan fingerprint density at radius 3 is 2.62 bits per heavy atom. The van der Waals surface area contributed by atoms with Gasteiger partial charge in [0.1, 0.15) is 5.82 Å². The van der Waals surface area contributed by atoms with Crippen LogP contribution < -0.4 is 5.73 Å². The van der Waals surface area contributed by atoms with Crippen molar-refractivity contribution in [1.29, 1.82) is 0 Å². The summed E-state index contributed by atoms with van der Waals surface area (Å²) in [4.78, 5) is 0. The van der Waals surface area contributed by atoms with Gasteiger partial charge in [-0.15, -0.1) is 0 Å². The van der Waals surface area contributed by atoms with E-state index < -0.39 is 18.0 Å². The lowest BCUT2D eigenvalue weighted by molar-refractivity contribution is 0.149. The Hall–Kier alpha value is -0.640. The molecule has 2 atom stereocenters. The topological polar surface area (TPSA) is 46.2 Å². The van der Waals surface area contributed by atoms with Gasteiger partial charge in [-0.05, 0) is 19.1 Å². The molecular formula is C9H11ClFNO. The number of halogens is 2. The number of hydrogen-bond donors (Lipinski definition) is 2. The third-order valence-corrected chi connectivity index (χ3v) is 2.12. The molecule has 0 heterocycles. The van der Waals surface area contributed by atoms with Crippen LogP contribution in [-0.2, 0) is 0 Å². The van der Waals surface area contributed by atoms with Crippen molar-refractivity contribution in [2.24, 2.45) is 5.73 Å². The zero-order valence-corrected chi connectivity index (χ0v) is 7.92. The van der Waals surface area contributed by atoms with Crippen LogP contribution in [0.25, 0.3) is 0 Å². The monoisotopic (exact) mass is 203 g/mol. The van der Waals surface area contributed by atoms with Crippen LogP contribution in [0.15, 0.2) is 18.2 Å². The maximum absolute atomic E-state index is 13.2. The maximum Gasteiger partial charge on any atom is 0.130 e. The molecule has 0 spiro atoms. The average Bonchev–Trinajstić information content (AvgIpc) is 2.03. The first kappa shape index (κ1) is 10.4. The van der Waals surface area contributed by atoms with E-state index in [1.165, 1.54) is 18.2 Å². The molecule has 0 fully saturated rings. The number of rotatable bonds is 2. The summed E-state index contributed by atoms with van der Waals surface area (Å²) in [6, 6.07) is 3.70. The van der Waals surface area contributed by atoms with Gasteiger partial charge in [0.05, 0.1) is 6.10 Å². The van der Waals surface area contributed by atoms with E-state index in [2.05, 4.69) is 0 Å². The fourth-order valence-corrected chi connectivity index (χ4v) is 1.33. The fraction of sp³-hybridized carbons (Fsp3) is 0.333. The number of benzene rings is 1. The van der Waals surface area contributed by atoms with Crippen LogP contribution in [0.4, 0.5) is 4.39 Å². The van der Waals surface area contributed by atoms with Crippen LogP contribution in [-0.4, -0.2) is 11.1 Å². The van der Waals surface area contributed by atoms with E-state index in [-0.39, 0.29) is 10.6 Å². The first-order valence-corrected chi connectivity index (χ1v) is 4.29. The highest BCUT2D eigenvalue weighted by molar-refractivity contribution is 6.31. The van der Waals surface area contributed by atoms with Crippen molar-refractivity contribution in [1.82, 2.24) is 0 Å². The molecule has 1 rings (SSSR count). The van der Waals surface area contributed by atoms with Crippen LogP contribution in [0.1, 0.15) is 18.6 Å². The Morgan fingerprint density at radius 2 is 2.15 bits per heavy atom. The lowest BCUT2D eigenvalue weighted by Gasteiger charge is -2.16. The molecule has 0 saturated heterocycles. The van der Waals surface area contributed by atoms with Gasteiger partial charge in [0.15, 0.2) is 0 Å². The summed E-state index contributed by atoms with van der Waals surface area (Å²) >= 11 is 5.71. The van der Waals surface area contributed by atoms with Crippen LogP contribution in [0.5, 0.6) is 0 Å². The molecule has 1 aromatic rings. The molecule has 0 aromatic heterocycles. The largest absolute Gasteiger partial charge is 0.387 e. The Morgan fingerprint density at radius 1 is 1.54 bits per heavy atom. The van der Waals surface area contributed by atoms with Crippen LogP contribution >= 0.6 is 11.6 Å². The van der Waals surface area contributed by atoms with E-state index in [9.17, 15) is 9.50 Å². The molecule has 0 radical (unpaired) electrons. The number of hydrogen-bond acceptors (Lipinski definition) is 2. The summed E-state index contributed by atoms with van der Waals surface area (Å²) in [7, 11) is 0. The lowest BCUT2D eigenvalue weighted by atomic mass is 10.0. The number of aliphatic hydroxyl groups excluding tert-OH is 1. The number of aliphatic hydroxyl groups is 1. The SMILES string of the molecule is C[C@H](N)[C@H](O)c1c(F)cccc1Cl. The first-order valence-electron chi connectivity index (χ1n) is 3.91. The Bertz CT molecular complexity index is 283. The normalized spacial score (nSPS) is 15.5. The maximum atomic E-state index is 13.2. The van der Waals surface area contributed by atoms with Gasteiger partial charge in [-0.1, -0.05) is 17.7 Å². The van der Waals surface area contributed by atoms with E-state index in [1.54, 1.807) is 6.92 Å². The summed E-state index contributed by atoms with van der Waals surface area (Å²) in [5, 5.41) is 9.71. The highest BCUT2D eigenvalue weighted by atomic mass is 35.5. The van der Waals surface area contributed by atoms with Crippen molar-refractivity contribution in [2.75, 3.05) is 0 Å². The third kappa shape index (κ3) is 2.18. The molecule has 0 bridgehead atoms. The average molecular weight is 204 g/mol. The summed E-state index contributed by atoms with van der Waals surface area (Å²) in [5.41, 5.74) is 5.50. The highest BCUT2D eigenvalue weighted by Gasteiger charge is 2.19. The molecule has 0 amide bonds. The van der Waals surface area contributed by atoms with E-state index >= 15 is 0 Å². The molecule has 72 valence electrons. The van der Waals surface area contributed by atoms with Gasteiger partial charge in [-0.25, -0.2) is 4.39 Å². The van der Waals surface area contributed by atoms with Crippen molar-refractivity contribution < 1.29 is 9.50 Å². The van der Waals surface area contributed by atoms with Crippen molar-refractivity contribution in [3.63, 3.8) is 0 Å². The predicted octanol–water partition coefficient (Wildman–Crippen LogP) is 1.86. The highest BCUT2D eigenvalue weighted by Crippen LogP contribution is 2.26. The zero-order chi connectivity index (χ0) is 10.0. The third-order valence-electron chi connectivity index (χ3n) is 1.79. The van der Waals surface area contributed by atoms with E-state index in [4.69, 9.17) is 17.3 Å². The summed E-state index contributed by atoms with van der Waals surface area (Å²) < 4.78 is 13.2. The minimum Gasteiger partial charge on any atom is -0.387 e. The standard InChI is InChI=1S/C9H11ClFNO/c1-5(12)9(13)8-6(10)3-2-4-7(8)11/h2-5,9,13H,12H2,1H3/t5-,9-/m0/s1. The van der Waals surface area contributed by atoms with Gasteiger partial charge in [-0.3, -0.25) is 0 Å². The van der Waals surface area contributed by atoms with Gasteiger partial charge in [-0.2, -0.15) is 0 Å². The molecule has 2 nitrogen and oxygen atoms in total. The van der Waals surface area contributed by atoms with E-state index in [1.807, 2.05) is 0 Å². The number of nitrogens with two attached hydrogens (primary N) is 1. The van der Waals surface area contributed by atoms with Crippen molar-refractivity contribution in [2.45, 2.75) is 19.1 Å². The van der Waals surface area contributed by atoms with Gasteiger partial charge < -0.3 is 10.8 Å². The molecule has 3 N–H and O–H groups in total. The second-order valence-corrected chi connectivity index (χ2v) is 3.35. The second kappa shape index (κ2) is 4.05. The first-order chi connectivity index (χ1) is 6.04. The molecule has 13 heavy (non-hydrogen) atoms. The van der Waals surface area contributed by atoms with Crippen LogP contribution in [0.2, 0.25) is 5.02 Å². The van der Waals surface area contributed by atoms with Crippen molar-refractivity contribution in [3.8, 4) is 0 Å². The Labute approximate surface area is 81.1 Å². The van der Waals surface area contributed by atoms with Gasteiger partial charge in [0.25, 0.3) is 0 Å². The lowest BCUT2D eigenvalue weighted by Crippen LogP contribution is -2.25. The van der Waals surface area contributed by atoms with Crippen molar-refractivity contribution >= 4 is 11.6 Å². The van der Waals surface area contributed by atoms with Crippen LogP contribution in [0.3, 0.4) is 0 Å². The molecule has 1 aromatic carbocycles. The molecular weight excluding hydrogens is 193 g/mol. The zero-order valence-electron chi connectivity index (χ0n) is 7.17. The molecule has 0 aliphatic carbocycles. The van der Waals surface area contributed by atoms with Gasteiger partial charge >= 0.3 is 0 Å². The summed E-state index contributed by atoms with van der Waals surface area (Å²) in [5.74, 6) is -0.530. The van der Waals surface area contributed by atoms with Crippen LogP contribution in [0, 0.1) is 5.82 Å². The fourth-order valence-electron chi connectivity index (χ4n) is 1.06. The Kier molecular flexibility index (Phi) is 3.25.